The Labute approximate surface area is 111 Å². The van der Waals surface area contributed by atoms with E-state index in [9.17, 15) is 4.79 Å². The second-order valence-corrected chi connectivity index (χ2v) is 5.48. The van der Waals surface area contributed by atoms with E-state index in [-0.39, 0.29) is 5.91 Å². The van der Waals surface area contributed by atoms with E-state index >= 15 is 0 Å². The number of anilines is 1. The first kappa shape index (κ1) is 13.5. The minimum Gasteiger partial charge on any atom is -0.330 e. The van der Waals surface area contributed by atoms with E-state index < -0.39 is 0 Å². The zero-order chi connectivity index (χ0) is 12.8. The first-order valence-electron chi connectivity index (χ1n) is 6.43. The van der Waals surface area contributed by atoms with Crippen LogP contribution in [0.3, 0.4) is 0 Å². The van der Waals surface area contributed by atoms with Crippen LogP contribution in [0, 0.1) is 0 Å². The molecule has 2 heterocycles. The molecule has 0 spiro atoms. The van der Waals surface area contributed by atoms with Crippen LogP contribution >= 0.6 is 11.3 Å². The van der Waals surface area contributed by atoms with Gasteiger partial charge >= 0.3 is 0 Å². The molecule has 0 saturated carbocycles. The molecule has 1 amide bonds. The molecule has 2 rings (SSSR count). The molecule has 1 aliphatic rings. The lowest BCUT2D eigenvalue weighted by Gasteiger charge is -2.34. The fraction of sp³-hybridized carbons (Fsp3) is 0.667. The predicted octanol–water partition coefficient (Wildman–Crippen LogP) is 1.28. The van der Waals surface area contributed by atoms with Gasteiger partial charge in [0.05, 0.1) is 6.54 Å². The molecule has 1 fully saturated rings. The molecule has 100 valence electrons. The van der Waals surface area contributed by atoms with E-state index in [0.717, 1.165) is 19.4 Å². The summed E-state index contributed by atoms with van der Waals surface area (Å²) in [7, 11) is 0. The van der Waals surface area contributed by atoms with Crippen molar-refractivity contribution in [3.8, 4) is 0 Å². The molecule has 1 aromatic rings. The SMILES string of the molecule is NCCC1CCCCN1CC(=O)Nc1nccs1. The van der Waals surface area contributed by atoms with Crippen LogP contribution in [0.15, 0.2) is 11.6 Å². The molecule has 1 atom stereocenters. The van der Waals surface area contributed by atoms with Crippen LogP contribution in [0.4, 0.5) is 5.13 Å². The first-order valence-corrected chi connectivity index (χ1v) is 7.31. The molecule has 0 aromatic carbocycles. The highest BCUT2D eigenvalue weighted by Crippen LogP contribution is 2.19. The van der Waals surface area contributed by atoms with Crippen molar-refractivity contribution in [1.29, 1.82) is 0 Å². The zero-order valence-corrected chi connectivity index (χ0v) is 11.3. The van der Waals surface area contributed by atoms with E-state index in [2.05, 4.69) is 15.2 Å². The summed E-state index contributed by atoms with van der Waals surface area (Å²) < 4.78 is 0. The van der Waals surface area contributed by atoms with Crippen LogP contribution in [-0.4, -0.2) is 41.5 Å². The summed E-state index contributed by atoms with van der Waals surface area (Å²) in [6.45, 7) is 2.13. The number of likely N-dealkylation sites (tertiary alicyclic amines) is 1. The maximum Gasteiger partial charge on any atom is 0.240 e. The molecule has 0 bridgehead atoms. The van der Waals surface area contributed by atoms with Gasteiger partial charge < -0.3 is 11.1 Å². The van der Waals surface area contributed by atoms with Crippen molar-refractivity contribution >= 4 is 22.4 Å². The Morgan fingerprint density at radius 2 is 2.50 bits per heavy atom. The molecular formula is C12H20N4OS. The number of carbonyl (C=O) groups is 1. The molecule has 0 aliphatic carbocycles. The monoisotopic (exact) mass is 268 g/mol. The molecular weight excluding hydrogens is 248 g/mol. The Kier molecular flexibility index (Phi) is 5.10. The average Bonchev–Trinajstić information content (AvgIpc) is 2.84. The van der Waals surface area contributed by atoms with Crippen LogP contribution < -0.4 is 11.1 Å². The number of aromatic nitrogens is 1. The number of rotatable bonds is 5. The molecule has 18 heavy (non-hydrogen) atoms. The number of thiazole rings is 1. The summed E-state index contributed by atoms with van der Waals surface area (Å²) in [5.41, 5.74) is 5.63. The van der Waals surface area contributed by atoms with E-state index in [1.807, 2.05) is 5.38 Å². The Morgan fingerprint density at radius 1 is 1.61 bits per heavy atom. The third-order valence-corrected chi connectivity index (χ3v) is 3.96. The van der Waals surface area contributed by atoms with Gasteiger partial charge in [0.2, 0.25) is 5.91 Å². The van der Waals surface area contributed by atoms with Gasteiger partial charge in [0.1, 0.15) is 0 Å². The number of hydrogen-bond acceptors (Lipinski definition) is 5. The Bertz CT molecular complexity index is 366. The highest BCUT2D eigenvalue weighted by Gasteiger charge is 2.23. The second-order valence-electron chi connectivity index (χ2n) is 4.58. The van der Waals surface area contributed by atoms with Crippen LogP contribution in [-0.2, 0) is 4.79 Å². The zero-order valence-electron chi connectivity index (χ0n) is 10.5. The number of carbonyl (C=O) groups excluding carboxylic acids is 1. The maximum atomic E-state index is 11.9. The van der Waals surface area contributed by atoms with Gasteiger partial charge in [0, 0.05) is 17.6 Å². The van der Waals surface area contributed by atoms with Gasteiger partial charge in [-0.15, -0.1) is 11.3 Å². The fourth-order valence-corrected chi connectivity index (χ4v) is 2.96. The quantitative estimate of drug-likeness (QED) is 0.844. The van der Waals surface area contributed by atoms with Crippen molar-refractivity contribution in [3.05, 3.63) is 11.6 Å². The lowest BCUT2D eigenvalue weighted by atomic mass is 9.99. The standard InChI is InChI=1S/C12H20N4OS/c13-5-4-10-3-1-2-7-16(10)9-11(17)15-12-14-6-8-18-12/h6,8,10H,1-5,7,9,13H2,(H,14,15,17). The molecule has 1 unspecified atom stereocenters. The number of amides is 1. The fourth-order valence-electron chi connectivity index (χ4n) is 2.42. The number of hydrogen-bond donors (Lipinski definition) is 2. The van der Waals surface area contributed by atoms with E-state index in [1.165, 1.54) is 24.2 Å². The summed E-state index contributed by atoms with van der Waals surface area (Å²) in [4.78, 5) is 18.2. The van der Waals surface area contributed by atoms with Crippen LogP contribution in [0.25, 0.3) is 0 Å². The summed E-state index contributed by atoms with van der Waals surface area (Å²) >= 11 is 1.44. The summed E-state index contributed by atoms with van der Waals surface area (Å²) in [5.74, 6) is 0.0221. The smallest absolute Gasteiger partial charge is 0.240 e. The number of nitrogens with one attached hydrogen (secondary N) is 1. The van der Waals surface area contributed by atoms with Gasteiger partial charge in [0.15, 0.2) is 5.13 Å². The molecule has 1 aromatic heterocycles. The molecule has 1 aliphatic heterocycles. The molecule has 6 heteroatoms. The van der Waals surface area contributed by atoms with Gasteiger partial charge in [-0.05, 0) is 32.4 Å². The van der Waals surface area contributed by atoms with E-state index in [0.29, 0.717) is 24.3 Å². The van der Waals surface area contributed by atoms with Gasteiger partial charge in [-0.2, -0.15) is 0 Å². The normalized spacial score (nSPS) is 20.8. The summed E-state index contributed by atoms with van der Waals surface area (Å²) in [6, 6.07) is 0.464. The van der Waals surface area contributed by atoms with Gasteiger partial charge in [-0.3, -0.25) is 9.69 Å². The van der Waals surface area contributed by atoms with Gasteiger partial charge in [0.25, 0.3) is 0 Å². The highest BCUT2D eigenvalue weighted by atomic mass is 32.1. The largest absolute Gasteiger partial charge is 0.330 e. The molecule has 1 saturated heterocycles. The summed E-state index contributed by atoms with van der Waals surface area (Å²) in [5, 5.41) is 5.36. The highest BCUT2D eigenvalue weighted by molar-refractivity contribution is 7.13. The van der Waals surface area contributed by atoms with E-state index in [1.54, 1.807) is 6.20 Å². The van der Waals surface area contributed by atoms with E-state index in [4.69, 9.17) is 5.73 Å². The minimum absolute atomic E-state index is 0.0221. The van der Waals surface area contributed by atoms with Crippen LogP contribution in [0.2, 0.25) is 0 Å². The average molecular weight is 268 g/mol. The Hall–Kier alpha value is -0.980. The molecule has 5 nitrogen and oxygen atoms in total. The number of nitrogens with two attached hydrogens (primary N) is 1. The van der Waals surface area contributed by atoms with Gasteiger partial charge in [-0.1, -0.05) is 6.42 Å². The van der Waals surface area contributed by atoms with Crippen molar-refractivity contribution in [1.82, 2.24) is 9.88 Å². The number of piperidine rings is 1. The van der Waals surface area contributed by atoms with Crippen molar-refractivity contribution in [3.63, 3.8) is 0 Å². The third kappa shape index (κ3) is 3.76. The molecule has 0 radical (unpaired) electrons. The van der Waals surface area contributed by atoms with Crippen molar-refractivity contribution in [2.45, 2.75) is 31.7 Å². The van der Waals surface area contributed by atoms with Crippen molar-refractivity contribution < 1.29 is 4.79 Å². The maximum absolute atomic E-state index is 11.9. The van der Waals surface area contributed by atoms with Crippen LogP contribution in [0.1, 0.15) is 25.7 Å². The van der Waals surface area contributed by atoms with Crippen molar-refractivity contribution in [2.24, 2.45) is 5.73 Å². The lowest BCUT2D eigenvalue weighted by molar-refractivity contribution is -0.118. The lowest BCUT2D eigenvalue weighted by Crippen LogP contribution is -2.44. The Balaban J connectivity index is 1.84. The minimum atomic E-state index is 0.0221. The third-order valence-electron chi connectivity index (χ3n) is 3.27. The topological polar surface area (TPSA) is 71.2 Å². The van der Waals surface area contributed by atoms with Crippen molar-refractivity contribution in [2.75, 3.05) is 25.0 Å². The predicted molar refractivity (Wildman–Crippen MR) is 73.6 cm³/mol. The molecule has 3 N–H and O–H groups in total. The number of nitrogens with zero attached hydrogens (tertiary/aromatic N) is 2. The van der Waals surface area contributed by atoms with Gasteiger partial charge in [-0.25, -0.2) is 4.98 Å². The Morgan fingerprint density at radius 3 is 3.22 bits per heavy atom. The van der Waals surface area contributed by atoms with Crippen LogP contribution in [0.5, 0.6) is 0 Å². The second kappa shape index (κ2) is 6.82. The summed E-state index contributed by atoms with van der Waals surface area (Å²) in [6.07, 6.45) is 6.24. The first-order chi connectivity index (χ1) is 8.79.